The monoisotopic (exact) mass is 350 g/mol. The molecule has 132 valence electrons. The number of hydrogen-bond acceptors (Lipinski definition) is 4. The van der Waals surface area contributed by atoms with E-state index in [9.17, 15) is 9.59 Å². The summed E-state index contributed by atoms with van der Waals surface area (Å²) in [5.74, 6) is 1.42. The van der Waals surface area contributed by atoms with Crippen molar-refractivity contribution >= 4 is 23.6 Å². The lowest BCUT2D eigenvalue weighted by Gasteiger charge is -2.17. The summed E-state index contributed by atoms with van der Waals surface area (Å²) in [5, 5.41) is 5.64. The van der Waals surface area contributed by atoms with Crippen LogP contribution in [0.15, 0.2) is 18.2 Å². The van der Waals surface area contributed by atoms with Crippen LogP contribution in [0.4, 0.5) is 0 Å². The van der Waals surface area contributed by atoms with Crippen LogP contribution in [0.1, 0.15) is 38.3 Å². The smallest absolute Gasteiger partial charge is 0.242 e. The molecular formula is C18H26N2O3S. The molecule has 1 aromatic carbocycles. The normalized spacial score (nSPS) is 16.0. The van der Waals surface area contributed by atoms with Gasteiger partial charge in [-0.1, -0.05) is 12.1 Å². The Bertz CT molecular complexity index is 616. The van der Waals surface area contributed by atoms with Crippen LogP contribution in [0.5, 0.6) is 5.75 Å². The molecule has 0 unspecified atom stereocenters. The van der Waals surface area contributed by atoms with E-state index in [1.165, 1.54) is 12.5 Å². The molecule has 1 aromatic rings. The van der Waals surface area contributed by atoms with Crippen molar-refractivity contribution in [1.82, 2.24) is 10.6 Å². The van der Waals surface area contributed by atoms with Gasteiger partial charge in [0, 0.05) is 19.9 Å². The summed E-state index contributed by atoms with van der Waals surface area (Å²) in [5.41, 5.74) is 2.04. The van der Waals surface area contributed by atoms with Crippen LogP contribution in [-0.4, -0.2) is 35.5 Å². The average Bonchev–Trinajstić information content (AvgIpc) is 2.81. The van der Waals surface area contributed by atoms with Gasteiger partial charge in [-0.2, -0.15) is 11.8 Å². The second kappa shape index (κ2) is 7.92. The SMILES string of the molecule is CSCC[C@H](NC(C)=O)C(=O)NCc1ccc2c(c1)CC(C)(C)O2. The van der Waals surface area contributed by atoms with Crippen molar-refractivity contribution in [2.24, 2.45) is 0 Å². The number of amides is 2. The van der Waals surface area contributed by atoms with Gasteiger partial charge in [0.05, 0.1) is 0 Å². The Kier molecular flexibility index (Phi) is 6.15. The number of hydrogen-bond donors (Lipinski definition) is 2. The minimum Gasteiger partial charge on any atom is -0.487 e. The largest absolute Gasteiger partial charge is 0.487 e. The lowest BCUT2D eigenvalue weighted by molar-refractivity contribution is -0.128. The van der Waals surface area contributed by atoms with E-state index in [0.717, 1.165) is 23.5 Å². The summed E-state index contributed by atoms with van der Waals surface area (Å²) in [6, 6.07) is 5.53. The van der Waals surface area contributed by atoms with Crippen molar-refractivity contribution in [3.05, 3.63) is 29.3 Å². The number of benzene rings is 1. The molecule has 6 heteroatoms. The molecular weight excluding hydrogens is 324 g/mol. The Labute approximate surface area is 147 Å². The van der Waals surface area contributed by atoms with Crippen LogP contribution in [0.25, 0.3) is 0 Å². The minimum absolute atomic E-state index is 0.142. The molecule has 24 heavy (non-hydrogen) atoms. The molecule has 0 bridgehead atoms. The number of fused-ring (bicyclic) bond motifs is 1. The van der Waals surface area contributed by atoms with Gasteiger partial charge in [0.15, 0.2) is 0 Å². The number of carbonyl (C=O) groups excluding carboxylic acids is 2. The standard InChI is InChI=1S/C18H26N2O3S/c1-12(21)20-15(7-8-24-4)17(22)19-11-13-5-6-16-14(9-13)10-18(2,3)23-16/h5-6,9,15H,7-8,10-11H2,1-4H3,(H,19,22)(H,20,21)/t15-/m0/s1. The Morgan fingerprint density at radius 2 is 2.12 bits per heavy atom. The highest BCUT2D eigenvalue weighted by Crippen LogP contribution is 2.35. The van der Waals surface area contributed by atoms with E-state index in [1.807, 2.05) is 18.4 Å². The number of rotatable bonds is 7. The molecule has 2 rings (SSSR count). The molecule has 2 N–H and O–H groups in total. The van der Waals surface area contributed by atoms with Gasteiger partial charge in [-0.05, 0) is 49.5 Å². The molecule has 0 fully saturated rings. The molecule has 0 spiro atoms. The molecule has 0 aromatic heterocycles. The molecule has 5 nitrogen and oxygen atoms in total. The summed E-state index contributed by atoms with van der Waals surface area (Å²) in [7, 11) is 0. The fourth-order valence-electron chi connectivity index (χ4n) is 2.84. The fraction of sp³-hybridized carbons (Fsp3) is 0.556. The van der Waals surface area contributed by atoms with Gasteiger partial charge >= 0.3 is 0 Å². The Balaban J connectivity index is 1.94. The van der Waals surface area contributed by atoms with Crippen molar-refractivity contribution in [3.63, 3.8) is 0 Å². The number of thioether (sulfide) groups is 1. The quantitative estimate of drug-likeness (QED) is 0.792. The van der Waals surface area contributed by atoms with Crippen molar-refractivity contribution in [2.75, 3.05) is 12.0 Å². The third-order valence-corrected chi connectivity index (χ3v) is 4.54. The molecule has 0 saturated carbocycles. The van der Waals surface area contributed by atoms with E-state index in [0.29, 0.717) is 13.0 Å². The molecule has 2 amide bonds. The van der Waals surface area contributed by atoms with Gasteiger partial charge in [0.25, 0.3) is 0 Å². The van der Waals surface area contributed by atoms with Crippen molar-refractivity contribution in [1.29, 1.82) is 0 Å². The highest BCUT2D eigenvalue weighted by Gasteiger charge is 2.29. The summed E-state index contributed by atoms with van der Waals surface area (Å²) < 4.78 is 5.86. The molecule has 1 heterocycles. The molecule has 0 radical (unpaired) electrons. The van der Waals surface area contributed by atoms with Crippen LogP contribution < -0.4 is 15.4 Å². The zero-order valence-electron chi connectivity index (χ0n) is 14.8. The number of carbonyl (C=O) groups is 2. The van der Waals surface area contributed by atoms with E-state index in [2.05, 4.69) is 30.5 Å². The van der Waals surface area contributed by atoms with E-state index >= 15 is 0 Å². The van der Waals surface area contributed by atoms with Crippen LogP contribution in [-0.2, 0) is 22.6 Å². The Hall–Kier alpha value is -1.69. The minimum atomic E-state index is -0.480. The van der Waals surface area contributed by atoms with Crippen LogP contribution in [0, 0.1) is 0 Å². The van der Waals surface area contributed by atoms with Crippen LogP contribution in [0.3, 0.4) is 0 Å². The Morgan fingerprint density at radius 1 is 1.38 bits per heavy atom. The van der Waals surface area contributed by atoms with E-state index in [1.54, 1.807) is 11.8 Å². The predicted octanol–water partition coefficient (Wildman–Crippen LogP) is 2.27. The van der Waals surface area contributed by atoms with Gasteiger partial charge in [0.2, 0.25) is 11.8 Å². The molecule has 0 saturated heterocycles. The van der Waals surface area contributed by atoms with E-state index < -0.39 is 6.04 Å². The van der Waals surface area contributed by atoms with Crippen LogP contribution in [0.2, 0.25) is 0 Å². The van der Waals surface area contributed by atoms with Gasteiger partial charge in [-0.15, -0.1) is 0 Å². The molecule has 1 aliphatic heterocycles. The maximum atomic E-state index is 12.3. The Morgan fingerprint density at radius 3 is 2.79 bits per heavy atom. The zero-order chi connectivity index (χ0) is 17.7. The summed E-state index contributed by atoms with van der Waals surface area (Å²) in [6.07, 6.45) is 3.47. The molecule has 0 aliphatic carbocycles. The molecule has 1 aliphatic rings. The van der Waals surface area contributed by atoms with Crippen LogP contribution >= 0.6 is 11.8 Å². The highest BCUT2D eigenvalue weighted by molar-refractivity contribution is 7.98. The van der Waals surface area contributed by atoms with E-state index in [4.69, 9.17) is 4.74 Å². The van der Waals surface area contributed by atoms with Gasteiger partial charge in [-0.3, -0.25) is 9.59 Å². The van der Waals surface area contributed by atoms with Crippen molar-refractivity contribution in [3.8, 4) is 5.75 Å². The highest BCUT2D eigenvalue weighted by atomic mass is 32.2. The first-order chi connectivity index (χ1) is 11.3. The van der Waals surface area contributed by atoms with Gasteiger partial charge < -0.3 is 15.4 Å². The van der Waals surface area contributed by atoms with Gasteiger partial charge in [0.1, 0.15) is 17.4 Å². The summed E-state index contributed by atoms with van der Waals surface area (Å²) in [6.45, 7) is 6.01. The summed E-state index contributed by atoms with van der Waals surface area (Å²) >= 11 is 1.66. The summed E-state index contributed by atoms with van der Waals surface area (Å²) in [4.78, 5) is 23.6. The third kappa shape index (κ3) is 5.16. The third-order valence-electron chi connectivity index (χ3n) is 3.90. The first-order valence-corrected chi connectivity index (χ1v) is 9.55. The first kappa shape index (κ1) is 18.6. The topological polar surface area (TPSA) is 67.4 Å². The van der Waals surface area contributed by atoms with Crippen molar-refractivity contribution in [2.45, 2.75) is 51.8 Å². The zero-order valence-corrected chi connectivity index (χ0v) is 15.6. The maximum absolute atomic E-state index is 12.3. The van der Waals surface area contributed by atoms with Gasteiger partial charge in [-0.25, -0.2) is 0 Å². The number of nitrogens with one attached hydrogen (secondary N) is 2. The fourth-order valence-corrected chi connectivity index (χ4v) is 3.31. The molecule has 1 atom stereocenters. The van der Waals surface area contributed by atoms with Crippen molar-refractivity contribution < 1.29 is 14.3 Å². The lowest BCUT2D eigenvalue weighted by atomic mass is 10.0. The predicted molar refractivity (Wildman–Crippen MR) is 97.3 cm³/mol. The van der Waals surface area contributed by atoms with E-state index in [-0.39, 0.29) is 17.4 Å². The lowest BCUT2D eigenvalue weighted by Crippen LogP contribution is -2.46. The number of ether oxygens (including phenoxy) is 1. The first-order valence-electron chi connectivity index (χ1n) is 8.15. The average molecular weight is 350 g/mol. The second-order valence-electron chi connectivity index (χ2n) is 6.73. The second-order valence-corrected chi connectivity index (χ2v) is 7.72. The maximum Gasteiger partial charge on any atom is 0.242 e.